The number of ether oxygens (including phenoxy) is 1. The van der Waals surface area contributed by atoms with Gasteiger partial charge in [-0.1, -0.05) is 13.0 Å². The van der Waals surface area contributed by atoms with Gasteiger partial charge in [0.1, 0.15) is 0 Å². The van der Waals surface area contributed by atoms with E-state index in [1.165, 1.54) is 17.9 Å². The molecule has 4 heterocycles. The second-order valence-electron chi connectivity index (χ2n) is 10.9. The number of benzene rings is 2. The fourth-order valence-corrected chi connectivity index (χ4v) is 5.97. The van der Waals surface area contributed by atoms with E-state index in [-0.39, 0.29) is 11.5 Å². The van der Waals surface area contributed by atoms with Crippen LogP contribution in [0.25, 0.3) is 22.0 Å². The summed E-state index contributed by atoms with van der Waals surface area (Å²) in [6, 6.07) is 9.58. The van der Waals surface area contributed by atoms with Gasteiger partial charge in [0.05, 0.1) is 24.1 Å². The number of rotatable bonds is 7. The molecule has 8 nitrogen and oxygen atoms in total. The Morgan fingerprint density at radius 1 is 1.05 bits per heavy atom. The highest BCUT2D eigenvalue weighted by Crippen LogP contribution is 2.41. The van der Waals surface area contributed by atoms with E-state index in [0.29, 0.717) is 48.4 Å². The third-order valence-corrected chi connectivity index (χ3v) is 7.84. The molecule has 0 atom stereocenters. The van der Waals surface area contributed by atoms with E-state index in [1.807, 2.05) is 17.6 Å². The lowest BCUT2D eigenvalue weighted by atomic mass is 9.87. The van der Waals surface area contributed by atoms with Crippen LogP contribution in [0.4, 0.5) is 18.9 Å². The van der Waals surface area contributed by atoms with Crippen LogP contribution < -0.4 is 4.90 Å². The highest BCUT2D eigenvalue weighted by molar-refractivity contribution is 6.13. The van der Waals surface area contributed by atoms with Crippen LogP contribution in [-0.2, 0) is 44.0 Å². The average Bonchev–Trinajstić information content (AvgIpc) is 3.62. The summed E-state index contributed by atoms with van der Waals surface area (Å²) in [5, 5.41) is 4.58. The molecule has 0 fully saturated rings. The smallest absolute Gasteiger partial charge is 0.380 e. The number of aromatic nitrogens is 5. The van der Waals surface area contributed by atoms with E-state index in [1.54, 1.807) is 42.9 Å². The van der Waals surface area contributed by atoms with Crippen LogP contribution in [0, 0.1) is 6.92 Å². The normalized spacial score (nSPS) is 13.7. The minimum atomic E-state index is -4.65. The van der Waals surface area contributed by atoms with Crippen molar-refractivity contribution in [1.29, 1.82) is 0 Å². The number of nitrogens with zero attached hydrogens (tertiary/aromatic N) is 6. The van der Waals surface area contributed by atoms with Crippen molar-refractivity contribution >= 4 is 22.5 Å². The van der Waals surface area contributed by atoms with Crippen LogP contribution in [0.1, 0.15) is 50.9 Å². The van der Waals surface area contributed by atoms with E-state index < -0.39 is 11.9 Å². The molecule has 6 rings (SSSR count). The van der Waals surface area contributed by atoms with E-state index in [0.717, 1.165) is 39.8 Å². The largest absolute Gasteiger partial charge is 0.435 e. The number of fused-ring (bicyclic) bond motifs is 2. The van der Waals surface area contributed by atoms with Gasteiger partial charge < -0.3 is 14.2 Å². The fraction of sp³-hybridized carbons (Fsp3) is 0.312. The van der Waals surface area contributed by atoms with E-state index in [4.69, 9.17) is 9.72 Å². The molecule has 222 valence electrons. The summed E-state index contributed by atoms with van der Waals surface area (Å²) < 4.78 is 50.7. The Labute approximate surface area is 246 Å². The first-order chi connectivity index (χ1) is 20.6. The molecule has 5 aromatic rings. The van der Waals surface area contributed by atoms with Crippen molar-refractivity contribution in [2.24, 2.45) is 7.05 Å². The van der Waals surface area contributed by atoms with Crippen molar-refractivity contribution in [3.8, 4) is 11.1 Å². The Balaban J connectivity index is 1.54. The molecule has 2 aromatic carbocycles. The van der Waals surface area contributed by atoms with Crippen molar-refractivity contribution < 1.29 is 22.7 Å². The number of hydrogen-bond acceptors (Lipinski definition) is 5. The van der Waals surface area contributed by atoms with Gasteiger partial charge in [0.25, 0.3) is 5.91 Å². The van der Waals surface area contributed by atoms with Crippen LogP contribution in [0.2, 0.25) is 0 Å². The monoisotopic (exact) mass is 588 g/mol. The Morgan fingerprint density at radius 3 is 2.53 bits per heavy atom. The predicted molar refractivity (Wildman–Crippen MR) is 157 cm³/mol. The number of alkyl halides is 3. The van der Waals surface area contributed by atoms with Gasteiger partial charge in [0.2, 0.25) is 0 Å². The second kappa shape index (κ2) is 11.0. The number of carbonyl (C=O) groups excluding carboxylic acids is 1. The summed E-state index contributed by atoms with van der Waals surface area (Å²) in [4.78, 5) is 25.0. The third-order valence-electron chi connectivity index (χ3n) is 7.84. The fourth-order valence-electron chi connectivity index (χ4n) is 5.97. The molecule has 1 aliphatic heterocycles. The lowest BCUT2D eigenvalue weighted by Gasteiger charge is -2.32. The molecule has 43 heavy (non-hydrogen) atoms. The molecule has 0 saturated carbocycles. The van der Waals surface area contributed by atoms with Gasteiger partial charge in [-0.05, 0) is 66.3 Å². The van der Waals surface area contributed by atoms with Crippen LogP contribution in [0.5, 0.6) is 0 Å². The second-order valence-corrected chi connectivity index (χ2v) is 10.9. The molecular weight excluding hydrogens is 557 g/mol. The number of imidazole rings is 1. The Kier molecular flexibility index (Phi) is 7.29. The summed E-state index contributed by atoms with van der Waals surface area (Å²) in [5.74, 6) is -0.269. The molecule has 0 saturated heterocycles. The number of aryl methyl sites for hydroxylation is 3. The molecule has 11 heteroatoms. The maximum Gasteiger partial charge on any atom is 0.435 e. The van der Waals surface area contributed by atoms with Gasteiger partial charge in [0.15, 0.2) is 5.69 Å². The van der Waals surface area contributed by atoms with Crippen LogP contribution in [-0.4, -0.2) is 43.9 Å². The standard InChI is InChI=1S/C32H31F3N6O2/c1-5-20-11-22(17-43-4)29-26(12-20)28(10-19(2)37-29)41-8-6-23-24(27-16-39(3)38-30(27)32(33,34)35)13-21(14-25(23)31(41)42)15-40-9-7-36-18-40/h7,9-14,16,18H,5-6,8,15,17H2,1-4H3. The zero-order valence-corrected chi connectivity index (χ0v) is 24.4. The van der Waals surface area contributed by atoms with Crippen LogP contribution in [0.15, 0.2) is 55.2 Å². The Bertz CT molecular complexity index is 1840. The zero-order chi connectivity index (χ0) is 30.5. The van der Waals surface area contributed by atoms with Crippen LogP contribution >= 0.6 is 0 Å². The summed E-state index contributed by atoms with van der Waals surface area (Å²) in [5.41, 5.74) is 5.28. The molecule has 1 amide bonds. The van der Waals surface area contributed by atoms with Gasteiger partial charge in [-0.3, -0.25) is 14.5 Å². The molecule has 1 aliphatic rings. The van der Waals surface area contributed by atoms with Gasteiger partial charge in [-0.25, -0.2) is 4.98 Å². The first kappa shape index (κ1) is 28.6. The average molecular weight is 589 g/mol. The number of carbonyl (C=O) groups is 1. The van der Waals surface area contributed by atoms with Crippen molar-refractivity contribution in [2.45, 2.75) is 46.0 Å². The zero-order valence-electron chi connectivity index (χ0n) is 24.4. The maximum absolute atomic E-state index is 14.4. The number of amides is 1. The van der Waals surface area contributed by atoms with Crippen molar-refractivity contribution in [2.75, 3.05) is 18.6 Å². The molecule has 0 spiro atoms. The quantitative estimate of drug-likeness (QED) is 0.229. The van der Waals surface area contributed by atoms with Gasteiger partial charge >= 0.3 is 6.18 Å². The molecule has 0 radical (unpaired) electrons. The molecular formula is C32H31F3N6O2. The molecule has 3 aromatic heterocycles. The SMILES string of the molecule is CCc1cc(COC)c2nc(C)cc(N3CCc4c(cc(Cn5ccnc5)cc4-c4cn(C)nc4C(F)(F)F)C3=O)c2c1. The first-order valence-corrected chi connectivity index (χ1v) is 14.0. The third kappa shape index (κ3) is 5.29. The lowest BCUT2D eigenvalue weighted by Crippen LogP contribution is -2.38. The van der Waals surface area contributed by atoms with Crippen molar-refractivity contribution in [3.63, 3.8) is 0 Å². The number of anilines is 1. The topological polar surface area (TPSA) is 78.1 Å². The predicted octanol–water partition coefficient (Wildman–Crippen LogP) is 6.12. The number of hydrogen-bond donors (Lipinski definition) is 0. The van der Waals surface area contributed by atoms with Gasteiger partial charge in [-0.15, -0.1) is 0 Å². The minimum Gasteiger partial charge on any atom is -0.380 e. The summed E-state index contributed by atoms with van der Waals surface area (Å²) in [6.07, 6.45) is 2.92. The van der Waals surface area contributed by atoms with E-state index in [9.17, 15) is 18.0 Å². The Morgan fingerprint density at radius 2 is 1.84 bits per heavy atom. The highest BCUT2D eigenvalue weighted by Gasteiger charge is 2.39. The Hall–Kier alpha value is -4.51. The van der Waals surface area contributed by atoms with Gasteiger partial charge in [-0.2, -0.15) is 18.3 Å². The maximum atomic E-state index is 14.4. The molecule has 0 bridgehead atoms. The number of methoxy groups -OCH3 is 1. The molecule has 0 aliphatic carbocycles. The van der Waals surface area contributed by atoms with Crippen molar-refractivity contribution in [3.05, 3.63) is 94.5 Å². The van der Waals surface area contributed by atoms with Crippen molar-refractivity contribution in [1.82, 2.24) is 24.3 Å². The lowest BCUT2D eigenvalue weighted by molar-refractivity contribution is -0.140. The minimum absolute atomic E-state index is 0.0398. The highest BCUT2D eigenvalue weighted by atomic mass is 19.4. The molecule has 0 unspecified atom stereocenters. The molecule has 0 N–H and O–H groups in total. The van der Waals surface area contributed by atoms with E-state index in [2.05, 4.69) is 29.1 Å². The summed E-state index contributed by atoms with van der Waals surface area (Å²) in [7, 11) is 3.10. The number of pyridine rings is 1. The number of halogens is 3. The van der Waals surface area contributed by atoms with Gasteiger partial charge in [0, 0.05) is 73.6 Å². The van der Waals surface area contributed by atoms with Crippen LogP contribution in [0.3, 0.4) is 0 Å². The summed E-state index contributed by atoms with van der Waals surface area (Å²) >= 11 is 0. The first-order valence-electron chi connectivity index (χ1n) is 14.0. The van der Waals surface area contributed by atoms with E-state index >= 15 is 0 Å². The summed E-state index contributed by atoms with van der Waals surface area (Å²) in [6.45, 7) is 4.98.